The molecule has 0 aliphatic carbocycles. The zero-order valence-electron chi connectivity index (χ0n) is 8.27. The van der Waals surface area contributed by atoms with Gasteiger partial charge in [0.15, 0.2) is 11.5 Å². The lowest BCUT2D eigenvalue weighted by atomic mass is 10.3. The van der Waals surface area contributed by atoms with Crippen molar-refractivity contribution in [2.75, 3.05) is 7.11 Å². The maximum atomic E-state index is 12.4. The Labute approximate surface area is 91.0 Å². The van der Waals surface area contributed by atoms with Crippen LogP contribution in [0.15, 0.2) is 10.9 Å². The molecule has 1 aromatic heterocycles. The van der Waals surface area contributed by atoms with Gasteiger partial charge in [0.2, 0.25) is 0 Å². The highest BCUT2D eigenvalue weighted by Crippen LogP contribution is 2.32. The van der Waals surface area contributed by atoms with Crippen LogP contribution in [-0.4, -0.2) is 18.5 Å². The maximum absolute atomic E-state index is 12.4. The first-order valence-electron chi connectivity index (χ1n) is 4.09. The van der Waals surface area contributed by atoms with Crippen molar-refractivity contribution in [2.45, 2.75) is 12.8 Å². The molecule has 96 valence electrons. The van der Waals surface area contributed by atoms with E-state index in [1.54, 1.807) is 4.98 Å². The quantitative estimate of drug-likeness (QED) is 0.847. The smallest absolute Gasteiger partial charge is 0.491 e. The van der Waals surface area contributed by atoms with E-state index in [2.05, 4.69) is 9.47 Å². The molecule has 1 rings (SSSR count). The summed E-state index contributed by atoms with van der Waals surface area (Å²) in [6, 6.07) is 0.452. The number of aromatic nitrogens is 1. The molecule has 4 nitrogen and oxygen atoms in total. The molecule has 9 heteroatoms. The minimum atomic E-state index is -5.15. The molecule has 0 atom stereocenters. The molecular formula is C8H6F5NO3. The van der Waals surface area contributed by atoms with Crippen LogP contribution in [0.5, 0.6) is 11.5 Å². The second-order valence-corrected chi connectivity index (χ2v) is 2.79. The summed E-state index contributed by atoms with van der Waals surface area (Å²) in [5.41, 5.74) is -2.33. The number of ether oxygens (including phenoxy) is 2. The third-order valence-electron chi connectivity index (χ3n) is 1.66. The molecule has 0 saturated carbocycles. The lowest BCUT2D eigenvalue weighted by molar-refractivity contribution is -0.275. The fraction of sp³-hybridized carbons (Fsp3) is 0.375. The number of pyridine rings is 1. The minimum absolute atomic E-state index is 0.452. The molecule has 0 spiro atoms. The van der Waals surface area contributed by atoms with E-state index in [0.717, 1.165) is 7.11 Å². The summed E-state index contributed by atoms with van der Waals surface area (Å²) in [4.78, 5) is 12.6. The normalized spacial score (nSPS) is 11.7. The number of aromatic amines is 1. The van der Waals surface area contributed by atoms with Crippen LogP contribution in [0.3, 0.4) is 0 Å². The van der Waals surface area contributed by atoms with E-state index in [9.17, 15) is 26.7 Å². The Balaban J connectivity index is 3.29. The monoisotopic (exact) mass is 259 g/mol. The van der Waals surface area contributed by atoms with Crippen molar-refractivity contribution < 1.29 is 31.4 Å². The highest BCUT2D eigenvalue weighted by atomic mass is 19.4. The van der Waals surface area contributed by atoms with Crippen molar-refractivity contribution in [3.05, 3.63) is 22.1 Å². The van der Waals surface area contributed by atoms with Crippen molar-refractivity contribution in [1.29, 1.82) is 0 Å². The summed E-state index contributed by atoms with van der Waals surface area (Å²) in [6.07, 6.45) is -8.46. The first kappa shape index (κ1) is 13.3. The van der Waals surface area contributed by atoms with Gasteiger partial charge < -0.3 is 14.5 Å². The van der Waals surface area contributed by atoms with Gasteiger partial charge in [-0.15, -0.1) is 13.2 Å². The fourth-order valence-electron chi connectivity index (χ4n) is 1.03. The minimum Gasteiger partial charge on any atom is -0.491 e. The number of rotatable bonds is 3. The molecule has 0 fully saturated rings. The van der Waals surface area contributed by atoms with Gasteiger partial charge in [-0.25, -0.2) is 8.78 Å². The van der Waals surface area contributed by atoms with Gasteiger partial charge in [-0.1, -0.05) is 0 Å². The van der Waals surface area contributed by atoms with Crippen LogP contribution in [-0.2, 0) is 0 Å². The van der Waals surface area contributed by atoms with Crippen molar-refractivity contribution >= 4 is 0 Å². The van der Waals surface area contributed by atoms with Crippen molar-refractivity contribution in [3.63, 3.8) is 0 Å². The van der Waals surface area contributed by atoms with E-state index < -0.39 is 35.5 Å². The molecule has 1 heterocycles. The molecule has 0 aromatic carbocycles. The Kier molecular flexibility index (Phi) is 3.59. The van der Waals surface area contributed by atoms with Gasteiger partial charge in [0.05, 0.1) is 7.11 Å². The van der Waals surface area contributed by atoms with Crippen molar-refractivity contribution in [3.8, 4) is 11.5 Å². The Morgan fingerprint density at radius 1 is 1.29 bits per heavy atom. The summed E-state index contributed by atoms with van der Waals surface area (Å²) >= 11 is 0. The highest BCUT2D eigenvalue weighted by Gasteiger charge is 2.34. The number of methoxy groups -OCH3 is 1. The maximum Gasteiger partial charge on any atom is 0.573 e. The van der Waals surface area contributed by atoms with E-state index in [4.69, 9.17) is 0 Å². The molecule has 17 heavy (non-hydrogen) atoms. The van der Waals surface area contributed by atoms with E-state index in [0.29, 0.717) is 6.07 Å². The van der Waals surface area contributed by atoms with Crippen LogP contribution in [0.25, 0.3) is 0 Å². The molecule has 0 radical (unpaired) electrons. The standard InChI is InChI=1S/C8H6F5NO3/c1-16-4-2-3(17-8(11,12)13)5(6(9)10)14-7(4)15/h2,6H,1H3,(H,14,15). The molecule has 0 saturated heterocycles. The predicted octanol–water partition coefficient (Wildman–Crippen LogP) is 2.22. The Morgan fingerprint density at radius 3 is 2.29 bits per heavy atom. The van der Waals surface area contributed by atoms with Gasteiger partial charge in [-0.2, -0.15) is 0 Å². The summed E-state index contributed by atoms with van der Waals surface area (Å²) < 4.78 is 68.2. The molecule has 1 aromatic rings. The first-order chi connectivity index (χ1) is 7.74. The lowest BCUT2D eigenvalue weighted by Crippen LogP contribution is -2.21. The van der Waals surface area contributed by atoms with Gasteiger partial charge in [0.25, 0.3) is 12.0 Å². The number of nitrogens with one attached hydrogen (secondary N) is 1. The fourth-order valence-corrected chi connectivity index (χ4v) is 1.03. The third-order valence-corrected chi connectivity index (χ3v) is 1.66. The van der Waals surface area contributed by atoms with E-state index in [1.165, 1.54) is 0 Å². The van der Waals surface area contributed by atoms with Gasteiger partial charge in [-0.3, -0.25) is 4.79 Å². The molecule has 0 amide bonds. The Bertz CT molecular complexity index is 453. The van der Waals surface area contributed by atoms with E-state index in [1.807, 2.05) is 0 Å². The van der Waals surface area contributed by atoms with Crippen LogP contribution < -0.4 is 15.0 Å². The summed E-state index contributed by atoms with van der Waals surface area (Å²) in [7, 11) is 1.00. The number of hydrogen-bond acceptors (Lipinski definition) is 3. The van der Waals surface area contributed by atoms with Crippen LogP contribution in [0.2, 0.25) is 0 Å². The molecule has 0 unspecified atom stereocenters. The van der Waals surface area contributed by atoms with E-state index in [-0.39, 0.29) is 0 Å². The van der Waals surface area contributed by atoms with Gasteiger partial charge in [-0.05, 0) is 0 Å². The van der Waals surface area contributed by atoms with Crippen LogP contribution in [0.1, 0.15) is 12.1 Å². The molecule has 0 aliphatic heterocycles. The zero-order chi connectivity index (χ0) is 13.2. The first-order valence-corrected chi connectivity index (χ1v) is 4.09. The average Bonchev–Trinajstić information content (AvgIpc) is 2.17. The Morgan fingerprint density at radius 2 is 1.88 bits per heavy atom. The largest absolute Gasteiger partial charge is 0.573 e. The van der Waals surface area contributed by atoms with Crippen molar-refractivity contribution in [1.82, 2.24) is 4.98 Å². The zero-order valence-corrected chi connectivity index (χ0v) is 8.27. The van der Waals surface area contributed by atoms with E-state index >= 15 is 0 Å². The number of H-pyrrole nitrogens is 1. The third kappa shape index (κ3) is 3.33. The topological polar surface area (TPSA) is 51.3 Å². The second kappa shape index (κ2) is 4.60. The van der Waals surface area contributed by atoms with Crippen LogP contribution in [0.4, 0.5) is 22.0 Å². The van der Waals surface area contributed by atoms with Crippen LogP contribution in [0, 0.1) is 0 Å². The van der Waals surface area contributed by atoms with Crippen molar-refractivity contribution in [2.24, 2.45) is 0 Å². The predicted molar refractivity (Wildman–Crippen MR) is 45.3 cm³/mol. The molecule has 0 aliphatic rings. The number of halogens is 5. The molecule has 1 N–H and O–H groups in total. The van der Waals surface area contributed by atoms with Gasteiger partial charge >= 0.3 is 6.36 Å². The van der Waals surface area contributed by atoms with Crippen LogP contribution >= 0.6 is 0 Å². The summed E-state index contributed by atoms with van der Waals surface area (Å²) in [6.45, 7) is 0. The summed E-state index contributed by atoms with van der Waals surface area (Å²) in [5, 5.41) is 0. The average molecular weight is 259 g/mol. The Hall–Kier alpha value is -1.80. The molecular weight excluding hydrogens is 253 g/mol. The second-order valence-electron chi connectivity index (χ2n) is 2.79. The highest BCUT2D eigenvalue weighted by molar-refractivity contribution is 5.35. The number of alkyl halides is 5. The SMILES string of the molecule is COc1cc(OC(F)(F)F)c(C(F)F)[nH]c1=O. The van der Waals surface area contributed by atoms with Gasteiger partial charge in [0.1, 0.15) is 5.69 Å². The van der Waals surface area contributed by atoms with Gasteiger partial charge in [0, 0.05) is 6.07 Å². The summed E-state index contributed by atoms with van der Waals surface area (Å²) in [5.74, 6) is -1.77. The molecule has 0 bridgehead atoms. The number of hydrogen-bond donors (Lipinski definition) is 1. The lowest BCUT2D eigenvalue weighted by Gasteiger charge is -2.13.